The Morgan fingerprint density at radius 2 is 1.64 bits per heavy atom. The number of hydrogen-bond acceptors (Lipinski definition) is 4. The quantitative estimate of drug-likeness (QED) is 0.787. The second-order valence-corrected chi connectivity index (χ2v) is 9.44. The van der Waals surface area contributed by atoms with Crippen molar-refractivity contribution < 1.29 is 9.59 Å². The van der Waals surface area contributed by atoms with Crippen LogP contribution in [-0.4, -0.2) is 52.8 Å². The van der Waals surface area contributed by atoms with E-state index < -0.39 is 0 Å². The molecule has 0 saturated carbocycles. The van der Waals surface area contributed by atoms with E-state index in [4.69, 9.17) is 4.98 Å². The van der Waals surface area contributed by atoms with Crippen LogP contribution in [0.1, 0.15) is 50.5 Å². The van der Waals surface area contributed by atoms with Crippen molar-refractivity contribution in [1.29, 1.82) is 0 Å². The molecule has 2 aromatic rings. The van der Waals surface area contributed by atoms with Gasteiger partial charge in [0.2, 0.25) is 11.8 Å². The van der Waals surface area contributed by atoms with Gasteiger partial charge in [0.15, 0.2) is 0 Å². The van der Waals surface area contributed by atoms with E-state index in [1.807, 2.05) is 24.8 Å². The maximum atomic E-state index is 13.0. The molecule has 0 unspecified atom stereocenters. The number of piperidine rings is 2. The third-order valence-electron chi connectivity index (χ3n) is 6.12. The van der Waals surface area contributed by atoms with Gasteiger partial charge in [-0.15, -0.1) is 11.3 Å². The molecular weight excluding hydrogens is 370 g/mol. The van der Waals surface area contributed by atoms with E-state index in [9.17, 15) is 9.59 Å². The van der Waals surface area contributed by atoms with E-state index in [-0.39, 0.29) is 17.7 Å². The zero-order valence-electron chi connectivity index (χ0n) is 16.8. The molecule has 3 heterocycles. The summed E-state index contributed by atoms with van der Waals surface area (Å²) < 4.78 is 1.25. The van der Waals surface area contributed by atoms with Gasteiger partial charge in [-0.25, -0.2) is 4.98 Å². The van der Waals surface area contributed by atoms with Gasteiger partial charge in [-0.2, -0.15) is 0 Å². The molecule has 0 atom stereocenters. The Labute approximate surface area is 170 Å². The van der Waals surface area contributed by atoms with E-state index in [1.54, 1.807) is 11.3 Å². The molecular formula is C22H29N3O2S. The van der Waals surface area contributed by atoms with Gasteiger partial charge in [0.05, 0.1) is 15.2 Å². The van der Waals surface area contributed by atoms with Crippen LogP contribution in [0.5, 0.6) is 0 Å². The molecule has 0 aliphatic carbocycles. The molecule has 6 heteroatoms. The zero-order valence-corrected chi connectivity index (χ0v) is 17.6. The predicted molar refractivity (Wildman–Crippen MR) is 112 cm³/mol. The second-order valence-electron chi connectivity index (χ2n) is 8.37. The van der Waals surface area contributed by atoms with E-state index in [2.05, 4.69) is 23.1 Å². The number of benzene rings is 1. The number of thiazole rings is 1. The van der Waals surface area contributed by atoms with E-state index >= 15 is 0 Å². The molecule has 5 nitrogen and oxygen atoms in total. The van der Waals surface area contributed by atoms with Crippen LogP contribution in [0.2, 0.25) is 0 Å². The van der Waals surface area contributed by atoms with Crippen LogP contribution in [-0.2, 0) is 9.59 Å². The third-order valence-corrected chi connectivity index (χ3v) is 7.31. The lowest BCUT2D eigenvalue weighted by molar-refractivity contribution is -0.142. The van der Waals surface area contributed by atoms with Gasteiger partial charge in [0.25, 0.3) is 0 Å². The number of aromatic nitrogens is 1. The highest BCUT2D eigenvalue weighted by atomic mass is 32.1. The van der Waals surface area contributed by atoms with Gasteiger partial charge in [0.1, 0.15) is 0 Å². The molecule has 0 N–H and O–H groups in total. The fraction of sp³-hybridized carbons (Fsp3) is 0.591. The number of carbonyl (C=O) groups excluding carboxylic acids is 2. The zero-order chi connectivity index (χ0) is 19.7. The molecule has 150 valence electrons. The highest BCUT2D eigenvalue weighted by molar-refractivity contribution is 7.18. The van der Waals surface area contributed by atoms with Gasteiger partial charge >= 0.3 is 0 Å². The number of hydrogen-bond donors (Lipinski definition) is 0. The summed E-state index contributed by atoms with van der Waals surface area (Å²) in [6, 6.07) is 8.30. The topological polar surface area (TPSA) is 53.5 Å². The Hall–Kier alpha value is -1.95. The highest BCUT2D eigenvalue weighted by Gasteiger charge is 2.33. The molecule has 2 amide bonds. The SMILES string of the molecule is CC(C)C(=O)N1CCC(C(=O)N2CCC(c3nc4ccccc4s3)CC2)CC1. The van der Waals surface area contributed by atoms with E-state index in [0.717, 1.165) is 57.4 Å². The van der Waals surface area contributed by atoms with Gasteiger partial charge in [-0.3, -0.25) is 9.59 Å². The number of carbonyl (C=O) groups is 2. The van der Waals surface area contributed by atoms with Crippen LogP contribution in [0, 0.1) is 11.8 Å². The summed E-state index contributed by atoms with van der Waals surface area (Å²) in [4.78, 5) is 33.9. The van der Waals surface area contributed by atoms with Crippen LogP contribution in [0.4, 0.5) is 0 Å². The maximum absolute atomic E-state index is 13.0. The molecule has 0 spiro atoms. The molecule has 0 radical (unpaired) electrons. The highest BCUT2D eigenvalue weighted by Crippen LogP contribution is 2.34. The lowest BCUT2D eigenvalue weighted by Crippen LogP contribution is -2.47. The van der Waals surface area contributed by atoms with Crippen molar-refractivity contribution in [3.63, 3.8) is 0 Å². The fourth-order valence-corrected chi connectivity index (χ4v) is 5.52. The molecule has 1 aromatic heterocycles. The first-order chi connectivity index (χ1) is 13.5. The number of likely N-dealkylation sites (tertiary alicyclic amines) is 2. The maximum Gasteiger partial charge on any atom is 0.225 e. The monoisotopic (exact) mass is 399 g/mol. The summed E-state index contributed by atoms with van der Waals surface area (Å²) in [6.07, 6.45) is 3.59. The number of amides is 2. The first-order valence-electron chi connectivity index (χ1n) is 10.5. The Balaban J connectivity index is 1.30. The summed E-state index contributed by atoms with van der Waals surface area (Å²) in [5.41, 5.74) is 1.09. The first kappa shape index (κ1) is 19.4. The van der Waals surface area contributed by atoms with Crippen LogP contribution >= 0.6 is 11.3 Å². The minimum atomic E-state index is 0.0359. The van der Waals surface area contributed by atoms with Gasteiger partial charge in [-0.1, -0.05) is 26.0 Å². The van der Waals surface area contributed by atoms with Crippen molar-refractivity contribution in [1.82, 2.24) is 14.8 Å². The number of rotatable bonds is 3. The second kappa shape index (κ2) is 8.19. The summed E-state index contributed by atoms with van der Waals surface area (Å²) in [5, 5.41) is 1.22. The van der Waals surface area contributed by atoms with E-state index in [1.165, 1.54) is 9.71 Å². The molecule has 2 fully saturated rings. The summed E-state index contributed by atoms with van der Waals surface area (Å²) in [7, 11) is 0. The minimum absolute atomic E-state index is 0.0359. The number of para-hydroxylation sites is 1. The van der Waals surface area contributed by atoms with Crippen molar-refractivity contribution >= 4 is 33.4 Å². The smallest absolute Gasteiger partial charge is 0.225 e. The van der Waals surface area contributed by atoms with Crippen molar-refractivity contribution in [3.8, 4) is 0 Å². The molecule has 2 aliphatic rings. The fourth-order valence-electron chi connectivity index (χ4n) is 4.38. The number of nitrogens with zero attached hydrogens (tertiary/aromatic N) is 3. The lowest BCUT2D eigenvalue weighted by Gasteiger charge is -2.37. The normalized spacial score (nSPS) is 19.5. The third kappa shape index (κ3) is 3.93. The Bertz CT molecular complexity index is 813. The Kier molecular flexibility index (Phi) is 5.67. The van der Waals surface area contributed by atoms with Gasteiger partial charge < -0.3 is 9.80 Å². The minimum Gasteiger partial charge on any atom is -0.342 e. The molecule has 4 rings (SSSR count). The summed E-state index contributed by atoms with van der Waals surface area (Å²) >= 11 is 1.79. The van der Waals surface area contributed by atoms with Crippen LogP contribution in [0.25, 0.3) is 10.2 Å². The summed E-state index contributed by atoms with van der Waals surface area (Å²) in [5.74, 6) is 1.08. The van der Waals surface area contributed by atoms with E-state index in [0.29, 0.717) is 11.8 Å². The molecule has 28 heavy (non-hydrogen) atoms. The molecule has 2 saturated heterocycles. The van der Waals surface area contributed by atoms with Crippen molar-refractivity contribution in [2.45, 2.75) is 45.4 Å². The van der Waals surface area contributed by atoms with Gasteiger partial charge in [0, 0.05) is 43.9 Å². The standard InChI is InChI=1S/C22H29N3O2S/c1-15(2)21(26)24-13-9-17(10-14-24)22(27)25-11-7-16(8-12-25)20-23-18-5-3-4-6-19(18)28-20/h3-6,15-17H,7-14H2,1-2H3. The largest absolute Gasteiger partial charge is 0.342 e. The van der Waals surface area contributed by atoms with Crippen molar-refractivity contribution in [3.05, 3.63) is 29.3 Å². The van der Waals surface area contributed by atoms with Crippen LogP contribution in [0.3, 0.4) is 0 Å². The van der Waals surface area contributed by atoms with Crippen molar-refractivity contribution in [2.75, 3.05) is 26.2 Å². The first-order valence-corrected chi connectivity index (χ1v) is 11.3. The lowest BCUT2D eigenvalue weighted by atomic mass is 9.92. The Morgan fingerprint density at radius 3 is 2.29 bits per heavy atom. The van der Waals surface area contributed by atoms with Gasteiger partial charge in [-0.05, 0) is 37.8 Å². The molecule has 0 bridgehead atoms. The molecule has 2 aliphatic heterocycles. The van der Waals surface area contributed by atoms with Crippen LogP contribution < -0.4 is 0 Å². The van der Waals surface area contributed by atoms with Crippen molar-refractivity contribution in [2.24, 2.45) is 11.8 Å². The Morgan fingerprint density at radius 1 is 1.00 bits per heavy atom. The van der Waals surface area contributed by atoms with Crippen LogP contribution in [0.15, 0.2) is 24.3 Å². The molecule has 1 aromatic carbocycles. The average Bonchev–Trinajstić information content (AvgIpc) is 3.17. The predicted octanol–water partition coefficient (Wildman–Crippen LogP) is 3.90. The average molecular weight is 400 g/mol. The number of fused-ring (bicyclic) bond motifs is 1. The summed E-state index contributed by atoms with van der Waals surface area (Å²) in [6.45, 7) is 6.96.